The number of aromatic nitrogens is 1. The van der Waals surface area contributed by atoms with Crippen LogP contribution in [0.3, 0.4) is 0 Å². The van der Waals surface area contributed by atoms with Crippen molar-refractivity contribution in [2.45, 2.75) is 19.8 Å². The SMILES string of the molecule is Cc1ccc(CC(=O)N2CCN(C(=O)Cc3ccccn3)CC2)cc1. The first-order chi connectivity index (χ1) is 12.1. The average Bonchev–Trinajstić information content (AvgIpc) is 2.64. The molecule has 3 rings (SSSR count). The minimum Gasteiger partial charge on any atom is -0.339 e. The van der Waals surface area contributed by atoms with Gasteiger partial charge in [-0.15, -0.1) is 0 Å². The first kappa shape index (κ1) is 17.1. The Kier molecular flexibility index (Phi) is 5.43. The van der Waals surface area contributed by atoms with Crippen LogP contribution in [0.25, 0.3) is 0 Å². The molecular weight excluding hydrogens is 314 g/mol. The summed E-state index contributed by atoms with van der Waals surface area (Å²) in [5.41, 5.74) is 3.01. The molecule has 2 aromatic rings. The molecule has 0 aliphatic carbocycles. The van der Waals surface area contributed by atoms with E-state index in [1.165, 1.54) is 5.56 Å². The van der Waals surface area contributed by atoms with E-state index in [0.29, 0.717) is 39.0 Å². The van der Waals surface area contributed by atoms with E-state index < -0.39 is 0 Å². The number of carbonyl (C=O) groups is 2. The third-order valence-electron chi connectivity index (χ3n) is 4.52. The molecule has 1 aliphatic heterocycles. The van der Waals surface area contributed by atoms with Gasteiger partial charge in [0.05, 0.1) is 12.8 Å². The van der Waals surface area contributed by atoms with Crippen LogP contribution >= 0.6 is 0 Å². The number of carbonyl (C=O) groups excluding carboxylic acids is 2. The normalized spacial score (nSPS) is 14.4. The number of benzene rings is 1. The number of amides is 2. The summed E-state index contributed by atoms with van der Waals surface area (Å²) in [6.07, 6.45) is 2.44. The monoisotopic (exact) mass is 337 g/mol. The third-order valence-corrected chi connectivity index (χ3v) is 4.52. The summed E-state index contributed by atoms with van der Waals surface area (Å²) in [4.78, 5) is 32.7. The minimum absolute atomic E-state index is 0.0735. The fourth-order valence-corrected chi connectivity index (χ4v) is 2.97. The molecule has 2 heterocycles. The van der Waals surface area contributed by atoms with Gasteiger partial charge < -0.3 is 9.80 Å². The lowest BCUT2D eigenvalue weighted by Gasteiger charge is -2.35. The fourth-order valence-electron chi connectivity index (χ4n) is 2.97. The van der Waals surface area contributed by atoms with Gasteiger partial charge in [-0.1, -0.05) is 35.9 Å². The van der Waals surface area contributed by atoms with Crippen molar-refractivity contribution in [2.24, 2.45) is 0 Å². The van der Waals surface area contributed by atoms with E-state index in [1.807, 2.05) is 59.2 Å². The first-order valence-electron chi connectivity index (χ1n) is 8.63. The van der Waals surface area contributed by atoms with Gasteiger partial charge in [-0.3, -0.25) is 14.6 Å². The number of pyridine rings is 1. The zero-order valence-corrected chi connectivity index (χ0v) is 14.5. The van der Waals surface area contributed by atoms with Crippen LogP contribution in [0.1, 0.15) is 16.8 Å². The van der Waals surface area contributed by atoms with E-state index in [1.54, 1.807) is 6.20 Å². The van der Waals surface area contributed by atoms with Crippen LogP contribution < -0.4 is 0 Å². The molecule has 0 saturated carbocycles. The molecule has 1 saturated heterocycles. The Bertz CT molecular complexity index is 720. The minimum atomic E-state index is 0.0735. The summed E-state index contributed by atoms with van der Waals surface area (Å²) >= 11 is 0. The largest absolute Gasteiger partial charge is 0.339 e. The van der Waals surface area contributed by atoms with E-state index in [0.717, 1.165) is 11.3 Å². The zero-order valence-electron chi connectivity index (χ0n) is 14.5. The topological polar surface area (TPSA) is 53.5 Å². The van der Waals surface area contributed by atoms with Crippen molar-refractivity contribution in [3.05, 3.63) is 65.5 Å². The van der Waals surface area contributed by atoms with Crippen LogP contribution in [0.15, 0.2) is 48.7 Å². The summed E-state index contributed by atoms with van der Waals surface area (Å²) in [5, 5.41) is 0. The summed E-state index contributed by atoms with van der Waals surface area (Å²) in [7, 11) is 0. The maximum absolute atomic E-state index is 12.4. The molecule has 25 heavy (non-hydrogen) atoms. The molecule has 1 fully saturated rings. The van der Waals surface area contributed by atoms with Crippen LogP contribution in [0, 0.1) is 6.92 Å². The van der Waals surface area contributed by atoms with Crippen LogP contribution in [0.4, 0.5) is 0 Å². The number of aryl methyl sites for hydroxylation is 1. The Morgan fingerprint density at radius 1 is 0.880 bits per heavy atom. The van der Waals surface area contributed by atoms with E-state index in [9.17, 15) is 9.59 Å². The summed E-state index contributed by atoms with van der Waals surface area (Å²) in [5.74, 6) is 0.199. The summed E-state index contributed by atoms with van der Waals surface area (Å²) in [6.45, 7) is 4.40. The highest BCUT2D eigenvalue weighted by Crippen LogP contribution is 2.09. The van der Waals surface area contributed by atoms with E-state index in [-0.39, 0.29) is 11.8 Å². The molecular formula is C20H23N3O2. The number of rotatable bonds is 4. The van der Waals surface area contributed by atoms with Crippen LogP contribution in [-0.2, 0) is 22.4 Å². The average molecular weight is 337 g/mol. The molecule has 0 atom stereocenters. The number of hydrogen-bond donors (Lipinski definition) is 0. The lowest BCUT2D eigenvalue weighted by molar-refractivity contribution is -0.138. The van der Waals surface area contributed by atoms with Crippen molar-refractivity contribution in [2.75, 3.05) is 26.2 Å². The molecule has 1 aliphatic rings. The standard InChI is InChI=1S/C20H23N3O2/c1-16-5-7-17(8-6-16)14-19(24)22-10-12-23(13-11-22)20(25)15-18-4-2-3-9-21-18/h2-9H,10-15H2,1H3. The smallest absolute Gasteiger partial charge is 0.228 e. The van der Waals surface area contributed by atoms with Gasteiger partial charge in [0.1, 0.15) is 0 Å². The van der Waals surface area contributed by atoms with Gasteiger partial charge in [0.2, 0.25) is 11.8 Å². The van der Waals surface area contributed by atoms with E-state index in [2.05, 4.69) is 4.98 Å². The van der Waals surface area contributed by atoms with Gasteiger partial charge in [-0.2, -0.15) is 0 Å². The Morgan fingerprint density at radius 2 is 1.48 bits per heavy atom. The second-order valence-corrected chi connectivity index (χ2v) is 6.42. The molecule has 0 spiro atoms. The van der Waals surface area contributed by atoms with Crippen LogP contribution in [0.5, 0.6) is 0 Å². The highest BCUT2D eigenvalue weighted by atomic mass is 16.2. The van der Waals surface area contributed by atoms with Gasteiger partial charge in [-0.25, -0.2) is 0 Å². The molecule has 130 valence electrons. The second kappa shape index (κ2) is 7.92. The maximum atomic E-state index is 12.4. The Balaban J connectivity index is 1.48. The van der Waals surface area contributed by atoms with Gasteiger partial charge in [0.25, 0.3) is 0 Å². The highest BCUT2D eigenvalue weighted by molar-refractivity contribution is 5.80. The Labute approximate surface area is 148 Å². The predicted octanol–water partition coefficient (Wildman–Crippen LogP) is 1.85. The number of nitrogens with zero attached hydrogens (tertiary/aromatic N) is 3. The second-order valence-electron chi connectivity index (χ2n) is 6.42. The van der Waals surface area contributed by atoms with Crippen molar-refractivity contribution in [1.82, 2.24) is 14.8 Å². The van der Waals surface area contributed by atoms with Crippen LogP contribution in [-0.4, -0.2) is 52.8 Å². The van der Waals surface area contributed by atoms with Crippen molar-refractivity contribution in [3.63, 3.8) is 0 Å². The van der Waals surface area contributed by atoms with E-state index >= 15 is 0 Å². The fraction of sp³-hybridized carbons (Fsp3) is 0.350. The number of hydrogen-bond acceptors (Lipinski definition) is 3. The molecule has 0 unspecified atom stereocenters. The molecule has 5 nitrogen and oxygen atoms in total. The van der Waals surface area contributed by atoms with Gasteiger partial charge in [0, 0.05) is 38.1 Å². The lowest BCUT2D eigenvalue weighted by atomic mass is 10.1. The summed E-state index contributed by atoms with van der Waals surface area (Å²) < 4.78 is 0. The Morgan fingerprint density at radius 3 is 2.04 bits per heavy atom. The highest BCUT2D eigenvalue weighted by Gasteiger charge is 2.24. The molecule has 0 radical (unpaired) electrons. The van der Waals surface area contributed by atoms with Gasteiger partial charge in [0.15, 0.2) is 0 Å². The molecule has 0 N–H and O–H groups in total. The van der Waals surface area contributed by atoms with E-state index in [4.69, 9.17) is 0 Å². The molecule has 0 bridgehead atoms. The first-order valence-corrected chi connectivity index (χ1v) is 8.63. The van der Waals surface area contributed by atoms with Crippen molar-refractivity contribution < 1.29 is 9.59 Å². The van der Waals surface area contributed by atoms with Crippen molar-refractivity contribution in [3.8, 4) is 0 Å². The molecule has 2 amide bonds. The molecule has 1 aromatic heterocycles. The van der Waals surface area contributed by atoms with Crippen LogP contribution in [0.2, 0.25) is 0 Å². The van der Waals surface area contributed by atoms with Crippen molar-refractivity contribution >= 4 is 11.8 Å². The van der Waals surface area contributed by atoms with Gasteiger partial charge in [-0.05, 0) is 24.6 Å². The quantitative estimate of drug-likeness (QED) is 0.855. The Hall–Kier alpha value is -2.69. The predicted molar refractivity (Wildman–Crippen MR) is 96.0 cm³/mol. The van der Waals surface area contributed by atoms with Gasteiger partial charge >= 0.3 is 0 Å². The zero-order chi connectivity index (χ0) is 17.6. The summed E-state index contributed by atoms with van der Waals surface area (Å²) in [6, 6.07) is 13.6. The third kappa shape index (κ3) is 4.66. The lowest BCUT2D eigenvalue weighted by Crippen LogP contribution is -2.51. The number of piperazine rings is 1. The molecule has 5 heteroatoms. The van der Waals surface area contributed by atoms with Crippen molar-refractivity contribution in [1.29, 1.82) is 0 Å². The molecule has 1 aromatic carbocycles. The maximum Gasteiger partial charge on any atom is 0.228 e.